The summed E-state index contributed by atoms with van der Waals surface area (Å²) in [5, 5.41) is -0.389. The molecule has 2 rings (SSSR count). The first-order chi connectivity index (χ1) is 8.61. The van der Waals surface area contributed by atoms with Crippen LogP contribution in [0.4, 0.5) is 0 Å². The van der Waals surface area contributed by atoms with Crippen molar-refractivity contribution >= 4 is 10.0 Å². The summed E-state index contributed by atoms with van der Waals surface area (Å²) in [6.45, 7) is 2.86. The van der Waals surface area contributed by atoms with Crippen LogP contribution in [-0.4, -0.2) is 37.1 Å². The molecule has 0 bridgehead atoms. The van der Waals surface area contributed by atoms with Crippen LogP contribution in [-0.2, 0) is 10.0 Å². The number of hydrogen-bond donors (Lipinski definition) is 1. The molecular weight excluding hydrogens is 248 g/mol. The van der Waals surface area contributed by atoms with Gasteiger partial charge in [0.15, 0.2) is 0 Å². The fraction of sp³-hybridized carbons (Fsp3) is 1.00. The molecule has 4 nitrogen and oxygen atoms in total. The van der Waals surface area contributed by atoms with E-state index in [-0.39, 0.29) is 17.8 Å². The molecule has 18 heavy (non-hydrogen) atoms. The van der Waals surface area contributed by atoms with Crippen LogP contribution < -0.4 is 5.73 Å². The van der Waals surface area contributed by atoms with Gasteiger partial charge in [0.1, 0.15) is 0 Å². The Morgan fingerprint density at radius 2 is 1.89 bits per heavy atom. The van der Waals surface area contributed by atoms with Crippen LogP contribution in [0.5, 0.6) is 0 Å². The van der Waals surface area contributed by atoms with Crippen LogP contribution in [0.1, 0.15) is 51.9 Å². The lowest BCUT2D eigenvalue weighted by atomic mass is 9.97. The maximum absolute atomic E-state index is 12.6. The lowest BCUT2D eigenvalue weighted by molar-refractivity contribution is 0.285. The van der Waals surface area contributed by atoms with E-state index in [1.165, 1.54) is 25.7 Å². The highest BCUT2D eigenvalue weighted by molar-refractivity contribution is 7.89. The van der Waals surface area contributed by atoms with Gasteiger partial charge in [0.25, 0.3) is 0 Å². The molecule has 0 aromatic heterocycles. The Hall–Kier alpha value is -0.130. The van der Waals surface area contributed by atoms with Crippen molar-refractivity contribution in [2.45, 2.75) is 63.2 Å². The highest BCUT2D eigenvalue weighted by Gasteiger charge is 2.41. The molecule has 2 fully saturated rings. The van der Waals surface area contributed by atoms with Crippen molar-refractivity contribution in [3.05, 3.63) is 0 Å². The van der Waals surface area contributed by atoms with Gasteiger partial charge in [0.05, 0.1) is 5.25 Å². The van der Waals surface area contributed by atoms with E-state index in [1.54, 1.807) is 4.31 Å². The van der Waals surface area contributed by atoms with Gasteiger partial charge in [-0.3, -0.25) is 0 Å². The van der Waals surface area contributed by atoms with Crippen molar-refractivity contribution in [1.29, 1.82) is 0 Å². The molecule has 2 unspecified atom stereocenters. The minimum Gasteiger partial charge on any atom is -0.329 e. The van der Waals surface area contributed by atoms with Gasteiger partial charge in [-0.05, 0) is 38.0 Å². The van der Waals surface area contributed by atoms with Crippen molar-refractivity contribution in [2.75, 3.05) is 13.1 Å². The standard InChI is InChI=1S/C13H26N2O2S/c1-2-12(10-14)18(16,17)15-9-5-8-13(15)11-6-3-4-7-11/h11-13H,2-10,14H2,1H3. The zero-order chi connectivity index (χ0) is 13.2. The van der Waals surface area contributed by atoms with E-state index in [0.717, 1.165) is 12.8 Å². The number of sulfonamides is 1. The van der Waals surface area contributed by atoms with Crippen LogP contribution >= 0.6 is 0 Å². The third kappa shape index (κ3) is 2.58. The highest BCUT2D eigenvalue weighted by atomic mass is 32.2. The summed E-state index contributed by atoms with van der Waals surface area (Å²) in [6, 6.07) is 0.262. The zero-order valence-corrected chi connectivity index (χ0v) is 12.2. The number of rotatable bonds is 5. The van der Waals surface area contributed by atoms with E-state index < -0.39 is 10.0 Å². The molecule has 1 saturated carbocycles. The van der Waals surface area contributed by atoms with Crippen molar-refractivity contribution in [3.8, 4) is 0 Å². The van der Waals surface area contributed by atoms with Gasteiger partial charge in [-0.25, -0.2) is 8.42 Å². The van der Waals surface area contributed by atoms with Crippen LogP contribution in [0.15, 0.2) is 0 Å². The summed E-state index contributed by atoms with van der Waals surface area (Å²) in [6.07, 6.45) is 7.62. The summed E-state index contributed by atoms with van der Waals surface area (Å²) in [5.41, 5.74) is 5.63. The van der Waals surface area contributed by atoms with Crippen LogP contribution in [0.3, 0.4) is 0 Å². The van der Waals surface area contributed by atoms with Crippen molar-refractivity contribution < 1.29 is 8.42 Å². The fourth-order valence-corrected chi connectivity index (χ4v) is 5.67. The maximum Gasteiger partial charge on any atom is 0.218 e. The normalized spacial score (nSPS) is 28.9. The van der Waals surface area contributed by atoms with Crippen LogP contribution in [0.25, 0.3) is 0 Å². The molecule has 1 heterocycles. The molecule has 1 saturated heterocycles. The topological polar surface area (TPSA) is 63.4 Å². The molecule has 2 N–H and O–H groups in total. The predicted molar refractivity (Wildman–Crippen MR) is 73.7 cm³/mol. The Bertz CT molecular complexity index is 359. The quantitative estimate of drug-likeness (QED) is 0.830. The monoisotopic (exact) mass is 274 g/mol. The van der Waals surface area contributed by atoms with E-state index >= 15 is 0 Å². The largest absolute Gasteiger partial charge is 0.329 e. The van der Waals surface area contributed by atoms with Crippen LogP contribution in [0, 0.1) is 5.92 Å². The average molecular weight is 274 g/mol. The van der Waals surface area contributed by atoms with Gasteiger partial charge in [0.2, 0.25) is 10.0 Å². The summed E-state index contributed by atoms with van der Waals surface area (Å²) in [5.74, 6) is 0.595. The molecule has 0 aromatic carbocycles. The SMILES string of the molecule is CCC(CN)S(=O)(=O)N1CCCC1C1CCCC1. The van der Waals surface area contributed by atoms with Gasteiger partial charge < -0.3 is 5.73 Å². The number of nitrogens with zero attached hydrogens (tertiary/aromatic N) is 1. The molecule has 0 amide bonds. The Labute approximate surface area is 111 Å². The third-order valence-electron chi connectivity index (χ3n) is 4.66. The van der Waals surface area contributed by atoms with Crippen LogP contribution in [0.2, 0.25) is 0 Å². The molecule has 0 aromatic rings. The molecule has 1 aliphatic heterocycles. The Balaban J connectivity index is 2.15. The average Bonchev–Trinajstić information content (AvgIpc) is 3.01. The number of nitrogens with two attached hydrogens (primary N) is 1. The molecule has 0 spiro atoms. The van der Waals surface area contributed by atoms with E-state index in [1.807, 2.05) is 6.92 Å². The van der Waals surface area contributed by atoms with Crippen molar-refractivity contribution in [3.63, 3.8) is 0 Å². The zero-order valence-electron chi connectivity index (χ0n) is 11.3. The van der Waals surface area contributed by atoms with Gasteiger partial charge in [-0.15, -0.1) is 0 Å². The molecular formula is C13H26N2O2S. The second-order valence-electron chi connectivity index (χ2n) is 5.68. The minimum atomic E-state index is -3.18. The Morgan fingerprint density at radius 1 is 1.22 bits per heavy atom. The number of hydrogen-bond acceptors (Lipinski definition) is 3. The van der Waals surface area contributed by atoms with E-state index in [2.05, 4.69) is 0 Å². The molecule has 2 atom stereocenters. The predicted octanol–water partition coefficient (Wildman–Crippen LogP) is 1.71. The minimum absolute atomic E-state index is 0.243. The molecule has 0 radical (unpaired) electrons. The van der Waals surface area contributed by atoms with E-state index in [9.17, 15) is 8.42 Å². The Morgan fingerprint density at radius 3 is 2.44 bits per heavy atom. The lowest BCUT2D eigenvalue weighted by Crippen LogP contribution is -2.46. The second-order valence-corrected chi connectivity index (χ2v) is 7.84. The molecule has 5 heteroatoms. The Kier molecular flexibility index (Phi) is 4.67. The van der Waals surface area contributed by atoms with Crippen molar-refractivity contribution in [1.82, 2.24) is 4.31 Å². The maximum atomic E-state index is 12.6. The first kappa shape index (κ1) is 14.3. The third-order valence-corrected chi connectivity index (χ3v) is 7.13. The fourth-order valence-electron chi connectivity index (χ4n) is 3.59. The summed E-state index contributed by atoms with van der Waals surface area (Å²) >= 11 is 0. The summed E-state index contributed by atoms with van der Waals surface area (Å²) in [4.78, 5) is 0. The van der Waals surface area contributed by atoms with Gasteiger partial charge >= 0.3 is 0 Å². The second kappa shape index (κ2) is 5.88. The van der Waals surface area contributed by atoms with E-state index in [0.29, 0.717) is 18.9 Å². The smallest absolute Gasteiger partial charge is 0.218 e. The molecule has 1 aliphatic carbocycles. The first-order valence-corrected chi connectivity index (χ1v) is 8.82. The lowest BCUT2D eigenvalue weighted by Gasteiger charge is -2.31. The highest BCUT2D eigenvalue weighted by Crippen LogP contribution is 2.37. The van der Waals surface area contributed by atoms with E-state index in [4.69, 9.17) is 5.73 Å². The molecule has 106 valence electrons. The summed E-state index contributed by atoms with van der Waals surface area (Å²) in [7, 11) is -3.18. The van der Waals surface area contributed by atoms with Gasteiger partial charge in [-0.1, -0.05) is 19.8 Å². The van der Waals surface area contributed by atoms with Gasteiger partial charge in [0, 0.05) is 19.1 Å². The van der Waals surface area contributed by atoms with Gasteiger partial charge in [-0.2, -0.15) is 4.31 Å². The summed E-state index contributed by atoms with van der Waals surface area (Å²) < 4.78 is 27.0. The molecule has 2 aliphatic rings. The van der Waals surface area contributed by atoms with Crippen molar-refractivity contribution in [2.24, 2.45) is 11.7 Å². The first-order valence-electron chi connectivity index (χ1n) is 7.32.